The Kier molecular flexibility index (Phi) is 5.77. The molecular weight excluding hydrogens is 346 g/mol. The van der Waals surface area contributed by atoms with Crippen molar-refractivity contribution in [2.24, 2.45) is 0 Å². The topological polar surface area (TPSA) is 63.2 Å². The highest BCUT2D eigenvalue weighted by atomic mass is 79.9. The van der Waals surface area contributed by atoms with Crippen LogP contribution < -0.4 is 15.4 Å². The van der Waals surface area contributed by atoms with Crippen LogP contribution in [0.15, 0.2) is 41.0 Å². The van der Waals surface area contributed by atoms with Gasteiger partial charge in [-0.2, -0.15) is 0 Å². The van der Waals surface area contributed by atoms with E-state index in [9.17, 15) is 4.79 Å². The highest BCUT2D eigenvalue weighted by molar-refractivity contribution is 9.10. The molecule has 116 valence electrons. The summed E-state index contributed by atoms with van der Waals surface area (Å²) in [6, 6.07) is 9.20. The molecule has 2 rings (SSSR count). The van der Waals surface area contributed by atoms with Crippen LogP contribution in [0.5, 0.6) is 5.75 Å². The quantitative estimate of drug-likeness (QED) is 0.853. The predicted molar refractivity (Wildman–Crippen MR) is 90.4 cm³/mol. The van der Waals surface area contributed by atoms with E-state index in [4.69, 9.17) is 4.74 Å². The summed E-state index contributed by atoms with van der Waals surface area (Å²) in [5.74, 6) is 0.617. The van der Waals surface area contributed by atoms with E-state index in [1.807, 2.05) is 37.3 Å². The number of hydrogen-bond acceptors (Lipinski definition) is 3. The van der Waals surface area contributed by atoms with Crippen molar-refractivity contribution in [2.75, 3.05) is 19.0 Å². The lowest BCUT2D eigenvalue weighted by atomic mass is 10.2. The number of hydrogen-bond donors (Lipinski definition) is 2. The van der Waals surface area contributed by atoms with E-state index in [0.29, 0.717) is 24.4 Å². The minimum Gasteiger partial charge on any atom is -0.495 e. The molecule has 0 radical (unpaired) electrons. The van der Waals surface area contributed by atoms with E-state index in [0.717, 1.165) is 15.7 Å². The SMILES string of the molecule is COc1cc(Br)cc(C)c1NC(=O)NCCc1ccccn1. The van der Waals surface area contributed by atoms with E-state index in [1.165, 1.54) is 0 Å². The lowest BCUT2D eigenvalue weighted by Gasteiger charge is -2.14. The van der Waals surface area contributed by atoms with Gasteiger partial charge in [0.25, 0.3) is 0 Å². The monoisotopic (exact) mass is 363 g/mol. The summed E-state index contributed by atoms with van der Waals surface area (Å²) in [6.07, 6.45) is 2.43. The van der Waals surface area contributed by atoms with E-state index in [2.05, 4.69) is 31.5 Å². The maximum absolute atomic E-state index is 12.0. The van der Waals surface area contributed by atoms with Gasteiger partial charge in [0.15, 0.2) is 0 Å². The molecule has 0 unspecified atom stereocenters. The number of nitrogens with one attached hydrogen (secondary N) is 2. The predicted octanol–water partition coefficient (Wildman–Crippen LogP) is 3.53. The Morgan fingerprint density at radius 1 is 1.36 bits per heavy atom. The first-order chi connectivity index (χ1) is 10.6. The number of carbonyl (C=O) groups is 1. The molecule has 0 saturated carbocycles. The zero-order valence-corrected chi connectivity index (χ0v) is 14.1. The number of carbonyl (C=O) groups excluding carboxylic acids is 1. The molecule has 2 N–H and O–H groups in total. The first-order valence-electron chi connectivity index (χ1n) is 6.89. The van der Waals surface area contributed by atoms with Gasteiger partial charge < -0.3 is 15.4 Å². The molecule has 0 spiro atoms. The highest BCUT2D eigenvalue weighted by Crippen LogP contribution is 2.31. The first-order valence-corrected chi connectivity index (χ1v) is 7.68. The smallest absolute Gasteiger partial charge is 0.319 e. The third-order valence-corrected chi connectivity index (χ3v) is 3.57. The highest BCUT2D eigenvalue weighted by Gasteiger charge is 2.11. The second kappa shape index (κ2) is 7.79. The minimum absolute atomic E-state index is 0.264. The van der Waals surface area contributed by atoms with Crippen molar-refractivity contribution in [3.05, 3.63) is 52.3 Å². The summed E-state index contributed by atoms with van der Waals surface area (Å²) < 4.78 is 6.20. The zero-order valence-electron chi connectivity index (χ0n) is 12.5. The number of anilines is 1. The summed E-state index contributed by atoms with van der Waals surface area (Å²) in [5.41, 5.74) is 2.53. The second-order valence-corrected chi connectivity index (χ2v) is 5.67. The van der Waals surface area contributed by atoms with Gasteiger partial charge in [0.05, 0.1) is 12.8 Å². The number of aromatic nitrogens is 1. The van der Waals surface area contributed by atoms with Gasteiger partial charge in [-0.3, -0.25) is 4.98 Å². The number of benzene rings is 1. The molecule has 0 fully saturated rings. The molecule has 2 aromatic rings. The number of ether oxygens (including phenoxy) is 1. The Morgan fingerprint density at radius 2 is 2.18 bits per heavy atom. The van der Waals surface area contributed by atoms with Crippen LogP contribution in [0.2, 0.25) is 0 Å². The van der Waals surface area contributed by atoms with Crippen LogP contribution in [-0.2, 0) is 6.42 Å². The third-order valence-electron chi connectivity index (χ3n) is 3.12. The number of pyridine rings is 1. The number of aryl methyl sites for hydroxylation is 1. The normalized spacial score (nSPS) is 10.1. The standard InChI is InChI=1S/C16H18BrN3O2/c1-11-9-12(17)10-14(22-2)15(11)20-16(21)19-8-6-13-5-3-4-7-18-13/h3-5,7,9-10H,6,8H2,1-2H3,(H2,19,20,21). The molecule has 6 heteroatoms. The number of nitrogens with zero attached hydrogens (tertiary/aromatic N) is 1. The fraction of sp³-hybridized carbons (Fsp3) is 0.250. The molecule has 2 amide bonds. The Labute approximate surface area is 138 Å². The average Bonchev–Trinajstić information content (AvgIpc) is 2.50. The van der Waals surface area contributed by atoms with Gasteiger partial charge in [-0.15, -0.1) is 0 Å². The molecule has 5 nitrogen and oxygen atoms in total. The second-order valence-electron chi connectivity index (χ2n) is 4.75. The van der Waals surface area contributed by atoms with Crippen LogP contribution in [0.3, 0.4) is 0 Å². The van der Waals surface area contributed by atoms with E-state index < -0.39 is 0 Å². The maximum Gasteiger partial charge on any atom is 0.319 e. The van der Waals surface area contributed by atoms with Crippen LogP contribution in [0.4, 0.5) is 10.5 Å². The Morgan fingerprint density at radius 3 is 2.86 bits per heavy atom. The molecule has 0 bridgehead atoms. The molecule has 0 aliphatic carbocycles. The number of amides is 2. The third kappa shape index (κ3) is 4.46. The van der Waals surface area contributed by atoms with Gasteiger partial charge in [0.2, 0.25) is 0 Å². The van der Waals surface area contributed by atoms with Gasteiger partial charge in [0.1, 0.15) is 5.75 Å². The minimum atomic E-state index is -0.264. The number of urea groups is 1. The van der Waals surface area contributed by atoms with Crippen molar-refractivity contribution in [3.8, 4) is 5.75 Å². The molecule has 0 aliphatic rings. The van der Waals surface area contributed by atoms with Crippen molar-refractivity contribution >= 4 is 27.6 Å². The molecule has 1 aromatic heterocycles. The van der Waals surface area contributed by atoms with E-state index in [1.54, 1.807) is 13.3 Å². The summed E-state index contributed by atoms with van der Waals surface area (Å²) >= 11 is 3.41. The molecule has 0 atom stereocenters. The lowest BCUT2D eigenvalue weighted by molar-refractivity contribution is 0.252. The molecule has 22 heavy (non-hydrogen) atoms. The van der Waals surface area contributed by atoms with Gasteiger partial charge in [-0.1, -0.05) is 22.0 Å². The van der Waals surface area contributed by atoms with Crippen molar-refractivity contribution in [1.82, 2.24) is 10.3 Å². The average molecular weight is 364 g/mol. The van der Waals surface area contributed by atoms with Crippen molar-refractivity contribution in [2.45, 2.75) is 13.3 Å². The van der Waals surface area contributed by atoms with E-state index in [-0.39, 0.29) is 6.03 Å². The molecule has 0 saturated heterocycles. The van der Waals surface area contributed by atoms with E-state index >= 15 is 0 Å². The Hall–Kier alpha value is -2.08. The van der Waals surface area contributed by atoms with Crippen LogP contribution >= 0.6 is 15.9 Å². The van der Waals surface area contributed by atoms with Crippen molar-refractivity contribution < 1.29 is 9.53 Å². The Bertz CT molecular complexity index is 647. The fourth-order valence-corrected chi connectivity index (χ4v) is 2.59. The zero-order chi connectivity index (χ0) is 15.9. The lowest BCUT2D eigenvalue weighted by Crippen LogP contribution is -2.31. The van der Waals surface area contributed by atoms with Crippen LogP contribution in [0.1, 0.15) is 11.3 Å². The van der Waals surface area contributed by atoms with Gasteiger partial charge >= 0.3 is 6.03 Å². The van der Waals surface area contributed by atoms with Crippen LogP contribution in [0, 0.1) is 6.92 Å². The fourth-order valence-electron chi connectivity index (χ4n) is 2.04. The van der Waals surface area contributed by atoms with Crippen LogP contribution in [-0.4, -0.2) is 24.7 Å². The summed E-state index contributed by atoms with van der Waals surface area (Å²) in [4.78, 5) is 16.2. The number of halogens is 1. The van der Waals surface area contributed by atoms with Crippen molar-refractivity contribution in [1.29, 1.82) is 0 Å². The van der Waals surface area contributed by atoms with Crippen molar-refractivity contribution in [3.63, 3.8) is 0 Å². The van der Waals surface area contributed by atoms with Gasteiger partial charge in [-0.25, -0.2) is 4.79 Å². The van der Waals surface area contributed by atoms with Gasteiger partial charge in [0, 0.05) is 29.3 Å². The largest absolute Gasteiger partial charge is 0.495 e. The summed E-state index contributed by atoms with van der Waals surface area (Å²) in [6.45, 7) is 2.43. The summed E-state index contributed by atoms with van der Waals surface area (Å²) in [7, 11) is 1.57. The van der Waals surface area contributed by atoms with Gasteiger partial charge in [-0.05, 0) is 36.8 Å². The first kappa shape index (κ1) is 16.3. The molecule has 1 heterocycles. The molecule has 1 aromatic carbocycles. The number of methoxy groups -OCH3 is 1. The molecule has 0 aliphatic heterocycles. The molecular formula is C16H18BrN3O2. The maximum atomic E-state index is 12.0. The number of rotatable bonds is 5. The summed E-state index contributed by atoms with van der Waals surface area (Å²) in [5, 5.41) is 5.64. The Balaban J connectivity index is 1.92. The van der Waals surface area contributed by atoms with Crippen LogP contribution in [0.25, 0.3) is 0 Å².